The first kappa shape index (κ1) is 20.4. The SMILES string of the molecule is O=[N+]([O-])C[C@H](c1ccc(OCc2ccc(Br)cc2)c(Cl)c1)c1c[nH]c2ccccc12. The van der Waals surface area contributed by atoms with E-state index in [4.69, 9.17) is 16.3 Å². The number of fused-ring (bicyclic) bond motifs is 1. The highest BCUT2D eigenvalue weighted by atomic mass is 79.9. The Bertz CT molecular complexity index is 1190. The lowest BCUT2D eigenvalue weighted by molar-refractivity contribution is -0.481. The van der Waals surface area contributed by atoms with Gasteiger partial charge in [0.05, 0.1) is 10.9 Å². The number of H-pyrrole nitrogens is 1. The second-order valence-electron chi connectivity index (χ2n) is 6.96. The average Bonchev–Trinajstić information content (AvgIpc) is 3.16. The standard InChI is InChI=1S/C23H18BrClN2O3/c24-17-8-5-15(6-9-17)14-30-23-10-7-16(11-21(23)25)20(13-27(28)29)19-12-26-22-4-2-1-3-18(19)22/h1-12,20,26H,13-14H2/t20-/m1/s1. The normalized spacial score (nSPS) is 12.1. The third-order valence-electron chi connectivity index (χ3n) is 4.99. The number of rotatable bonds is 7. The number of hydrogen-bond acceptors (Lipinski definition) is 3. The Balaban J connectivity index is 1.61. The van der Waals surface area contributed by atoms with Gasteiger partial charge in [-0.1, -0.05) is 63.9 Å². The van der Waals surface area contributed by atoms with Crippen LogP contribution < -0.4 is 4.74 Å². The lowest BCUT2D eigenvalue weighted by atomic mass is 9.91. The maximum absolute atomic E-state index is 11.4. The van der Waals surface area contributed by atoms with Crippen molar-refractivity contribution < 1.29 is 9.66 Å². The van der Waals surface area contributed by atoms with Crippen LogP contribution in [0.5, 0.6) is 5.75 Å². The van der Waals surface area contributed by atoms with Gasteiger partial charge in [0.25, 0.3) is 0 Å². The minimum absolute atomic E-state index is 0.225. The summed E-state index contributed by atoms with van der Waals surface area (Å²) in [5.74, 6) is 0.122. The van der Waals surface area contributed by atoms with E-state index < -0.39 is 5.92 Å². The molecule has 0 saturated carbocycles. The molecule has 5 nitrogen and oxygen atoms in total. The lowest BCUT2D eigenvalue weighted by Gasteiger charge is -2.15. The van der Waals surface area contributed by atoms with Gasteiger partial charge in [0.1, 0.15) is 12.4 Å². The minimum atomic E-state index is -0.422. The zero-order valence-electron chi connectivity index (χ0n) is 15.8. The first-order valence-corrected chi connectivity index (χ1v) is 10.5. The highest BCUT2D eigenvalue weighted by Crippen LogP contribution is 2.35. The van der Waals surface area contributed by atoms with Crippen LogP contribution in [0.15, 0.2) is 77.4 Å². The molecule has 0 aliphatic heterocycles. The molecule has 0 bridgehead atoms. The van der Waals surface area contributed by atoms with E-state index in [1.165, 1.54) is 0 Å². The molecule has 152 valence electrons. The maximum atomic E-state index is 11.4. The first-order valence-electron chi connectivity index (χ1n) is 9.36. The van der Waals surface area contributed by atoms with Gasteiger partial charge in [-0.25, -0.2) is 0 Å². The van der Waals surface area contributed by atoms with E-state index in [0.29, 0.717) is 17.4 Å². The third kappa shape index (κ3) is 4.50. The summed E-state index contributed by atoms with van der Waals surface area (Å²) in [5.41, 5.74) is 3.61. The van der Waals surface area contributed by atoms with Crippen LogP contribution in [0.2, 0.25) is 5.02 Å². The summed E-state index contributed by atoms with van der Waals surface area (Å²) in [5, 5.41) is 12.8. The Kier molecular flexibility index (Phi) is 6.06. The molecule has 0 aliphatic carbocycles. The van der Waals surface area contributed by atoms with Gasteiger partial charge in [-0.15, -0.1) is 0 Å². The molecular formula is C23H18BrClN2O3. The van der Waals surface area contributed by atoms with Crippen molar-refractivity contribution in [3.63, 3.8) is 0 Å². The molecule has 1 atom stereocenters. The molecule has 30 heavy (non-hydrogen) atoms. The van der Waals surface area contributed by atoms with Crippen LogP contribution in [-0.4, -0.2) is 16.5 Å². The van der Waals surface area contributed by atoms with Crippen LogP contribution in [0.3, 0.4) is 0 Å². The average molecular weight is 486 g/mol. The summed E-state index contributed by atoms with van der Waals surface area (Å²) in [6.07, 6.45) is 1.84. The van der Waals surface area contributed by atoms with Crippen molar-refractivity contribution in [3.05, 3.63) is 109 Å². The molecule has 4 aromatic rings. The fraction of sp³-hybridized carbons (Fsp3) is 0.130. The monoisotopic (exact) mass is 484 g/mol. The Hall–Kier alpha value is -2.83. The molecule has 1 aromatic heterocycles. The predicted octanol–water partition coefficient (Wildman–Crippen LogP) is 6.57. The molecule has 0 radical (unpaired) electrons. The van der Waals surface area contributed by atoms with Crippen molar-refractivity contribution >= 4 is 38.4 Å². The van der Waals surface area contributed by atoms with Crippen molar-refractivity contribution in [2.24, 2.45) is 0 Å². The van der Waals surface area contributed by atoms with Crippen LogP contribution >= 0.6 is 27.5 Å². The second kappa shape index (κ2) is 8.90. The number of aromatic amines is 1. The number of nitro groups is 1. The Morgan fingerprint density at radius 1 is 1.10 bits per heavy atom. The van der Waals surface area contributed by atoms with Crippen molar-refractivity contribution in [3.8, 4) is 5.75 Å². The van der Waals surface area contributed by atoms with Gasteiger partial charge in [-0.05, 0) is 47.0 Å². The maximum Gasteiger partial charge on any atom is 0.214 e. The molecule has 0 amide bonds. The molecule has 3 aromatic carbocycles. The number of halogens is 2. The predicted molar refractivity (Wildman–Crippen MR) is 122 cm³/mol. The fourth-order valence-corrected chi connectivity index (χ4v) is 4.02. The van der Waals surface area contributed by atoms with Gasteiger partial charge in [-0.2, -0.15) is 0 Å². The van der Waals surface area contributed by atoms with Gasteiger partial charge in [0.2, 0.25) is 6.54 Å². The molecule has 0 saturated heterocycles. The highest BCUT2D eigenvalue weighted by Gasteiger charge is 2.24. The summed E-state index contributed by atoms with van der Waals surface area (Å²) in [6.45, 7) is 0.157. The van der Waals surface area contributed by atoms with Gasteiger partial charge < -0.3 is 9.72 Å². The van der Waals surface area contributed by atoms with Crippen LogP contribution in [0.1, 0.15) is 22.6 Å². The summed E-state index contributed by atoms with van der Waals surface area (Å²) in [7, 11) is 0. The van der Waals surface area contributed by atoms with Crippen LogP contribution in [0.4, 0.5) is 0 Å². The third-order valence-corrected chi connectivity index (χ3v) is 5.82. The molecule has 4 rings (SSSR count). The summed E-state index contributed by atoms with van der Waals surface area (Å²) in [4.78, 5) is 14.3. The Morgan fingerprint density at radius 3 is 2.60 bits per heavy atom. The van der Waals surface area contributed by atoms with E-state index in [-0.39, 0.29) is 11.5 Å². The van der Waals surface area contributed by atoms with E-state index in [1.807, 2.05) is 60.8 Å². The lowest BCUT2D eigenvalue weighted by Crippen LogP contribution is -2.13. The summed E-state index contributed by atoms with van der Waals surface area (Å²) in [6, 6.07) is 21.0. The summed E-state index contributed by atoms with van der Waals surface area (Å²) < 4.78 is 6.85. The topological polar surface area (TPSA) is 68.2 Å². The van der Waals surface area contributed by atoms with Crippen molar-refractivity contribution in [2.45, 2.75) is 12.5 Å². The van der Waals surface area contributed by atoms with Crippen LogP contribution in [0.25, 0.3) is 10.9 Å². The zero-order chi connectivity index (χ0) is 21.1. The molecule has 0 spiro atoms. The molecule has 7 heteroatoms. The molecule has 1 N–H and O–H groups in total. The van der Waals surface area contributed by atoms with Crippen molar-refractivity contribution in [2.75, 3.05) is 6.54 Å². The largest absolute Gasteiger partial charge is 0.487 e. The molecule has 1 heterocycles. The Labute approximate surface area is 186 Å². The molecular weight excluding hydrogens is 468 g/mol. The van der Waals surface area contributed by atoms with Crippen LogP contribution in [-0.2, 0) is 6.61 Å². The van der Waals surface area contributed by atoms with Gasteiger partial charge >= 0.3 is 0 Å². The number of aromatic nitrogens is 1. The van der Waals surface area contributed by atoms with Crippen molar-refractivity contribution in [1.29, 1.82) is 0 Å². The van der Waals surface area contributed by atoms with Crippen LogP contribution in [0, 0.1) is 10.1 Å². The van der Waals surface area contributed by atoms with E-state index >= 15 is 0 Å². The van der Waals surface area contributed by atoms with E-state index in [0.717, 1.165) is 32.1 Å². The highest BCUT2D eigenvalue weighted by molar-refractivity contribution is 9.10. The minimum Gasteiger partial charge on any atom is -0.487 e. The smallest absolute Gasteiger partial charge is 0.214 e. The number of benzene rings is 3. The quantitative estimate of drug-likeness (QED) is 0.238. The number of nitrogens with one attached hydrogen (secondary N) is 1. The van der Waals surface area contributed by atoms with Crippen molar-refractivity contribution in [1.82, 2.24) is 4.98 Å². The summed E-state index contributed by atoms with van der Waals surface area (Å²) >= 11 is 9.88. The van der Waals surface area contributed by atoms with Gasteiger partial charge in [0, 0.05) is 26.5 Å². The second-order valence-corrected chi connectivity index (χ2v) is 8.29. The Morgan fingerprint density at radius 2 is 1.87 bits per heavy atom. The first-order chi connectivity index (χ1) is 14.5. The number of nitrogens with zero attached hydrogens (tertiary/aromatic N) is 1. The number of para-hydroxylation sites is 1. The van der Waals surface area contributed by atoms with E-state index in [1.54, 1.807) is 12.1 Å². The van der Waals surface area contributed by atoms with E-state index in [9.17, 15) is 10.1 Å². The molecule has 0 aliphatic rings. The fourth-order valence-electron chi connectivity index (χ4n) is 3.51. The number of ether oxygens (including phenoxy) is 1. The van der Waals surface area contributed by atoms with Gasteiger partial charge in [0.15, 0.2) is 0 Å². The number of hydrogen-bond donors (Lipinski definition) is 1. The van der Waals surface area contributed by atoms with E-state index in [2.05, 4.69) is 20.9 Å². The zero-order valence-corrected chi connectivity index (χ0v) is 18.2. The molecule has 0 unspecified atom stereocenters. The molecule has 0 fully saturated rings. The van der Waals surface area contributed by atoms with Gasteiger partial charge in [-0.3, -0.25) is 10.1 Å².